The number of nitrogens with one attached hydrogen (secondary N) is 1. The molecule has 0 saturated heterocycles. The monoisotopic (exact) mass is 260 g/mol. The van der Waals surface area contributed by atoms with Gasteiger partial charge in [-0.1, -0.05) is 32.0 Å². The normalized spacial score (nSPS) is 11.6. The molecule has 19 heavy (non-hydrogen) atoms. The van der Waals surface area contributed by atoms with Crippen molar-refractivity contribution in [3.05, 3.63) is 36.0 Å². The summed E-state index contributed by atoms with van der Waals surface area (Å²) in [5.41, 5.74) is 2.66. The third-order valence-electron chi connectivity index (χ3n) is 3.25. The number of para-hydroxylation sites is 1. The van der Waals surface area contributed by atoms with Gasteiger partial charge in [-0.25, -0.2) is 0 Å². The van der Waals surface area contributed by atoms with Gasteiger partial charge in [0.05, 0.1) is 6.61 Å². The molecule has 1 aromatic carbocycles. The summed E-state index contributed by atoms with van der Waals surface area (Å²) < 4.78 is 7.75. The second-order valence-electron chi connectivity index (χ2n) is 5.10. The van der Waals surface area contributed by atoms with E-state index in [0.717, 1.165) is 26.3 Å². The lowest BCUT2D eigenvalue weighted by molar-refractivity contribution is 0.140. The Morgan fingerprint density at radius 2 is 2.05 bits per heavy atom. The number of benzene rings is 1. The first-order valence-corrected chi connectivity index (χ1v) is 7.10. The van der Waals surface area contributed by atoms with Gasteiger partial charge in [0.1, 0.15) is 0 Å². The van der Waals surface area contributed by atoms with Crippen molar-refractivity contribution in [3.8, 4) is 0 Å². The van der Waals surface area contributed by atoms with Crippen LogP contribution in [0.1, 0.15) is 26.3 Å². The average Bonchev–Trinajstić information content (AvgIpc) is 2.76. The zero-order chi connectivity index (χ0) is 13.7. The fourth-order valence-corrected chi connectivity index (χ4v) is 2.27. The molecule has 2 rings (SSSR count). The van der Waals surface area contributed by atoms with E-state index in [1.807, 2.05) is 6.92 Å². The van der Waals surface area contributed by atoms with E-state index < -0.39 is 0 Å². The molecule has 0 amide bonds. The van der Waals surface area contributed by atoms with Gasteiger partial charge in [0.25, 0.3) is 0 Å². The number of aromatic nitrogens is 1. The lowest BCUT2D eigenvalue weighted by atomic mass is 10.2. The number of fused-ring (bicyclic) bond motifs is 1. The maximum atomic E-state index is 5.46. The zero-order valence-corrected chi connectivity index (χ0v) is 12.1. The molecule has 0 aliphatic carbocycles. The van der Waals surface area contributed by atoms with Crippen LogP contribution in [0.15, 0.2) is 30.5 Å². The van der Waals surface area contributed by atoms with Crippen molar-refractivity contribution in [2.75, 3.05) is 13.2 Å². The maximum Gasteiger partial charge on any atom is 0.0645 e. The minimum atomic E-state index is 0.505. The average molecular weight is 260 g/mol. The molecule has 1 aromatic heterocycles. The molecule has 0 bridgehead atoms. The molecule has 0 unspecified atom stereocenters. The smallest absolute Gasteiger partial charge is 0.0645 e. The summed E-state index contributed by atoms with van der Waals surface area (Å²) in [6.07, 6.45) is 2.25. The second kappa shape index (κ2) is 6.73. The van der Waals surface area contributed by atoms with Gasteiger partial charge in [-0.3, -0.25) is 0 Å². The van der Waals surface area contributed by atoms with E-state index in [1.165, 1.54) is 16.5 Å². The second-order valence-corrected chi connectivity index (χ2v) is 5.10. The van der Waals surface area contributed by atoms with Gasteiger partial charge in [-0.2, -0.15) is 0 Å². The molecule has 3 heteroatoms. The van der Waals surface area contributed by atoms with Crippen molar-refractivity contribution in [2.24, 2.45) is 0 Å². The summed E-state index contributed by atoms with van der Waals surface area (Å²) in [7, 11) is 0. The predicted octanol–water partition coefficient (Wildman–Crippen LogP) is 3.18. The SMILES string of the molecule is CCOCCn1cc(CNC(C)C)c2ccccc21. The minimum Gasteiger partial charge on any atom is -0.380 e. The summed E-state index contributed by atoms with van der Waals surface area (Å²) in [5.74, 6) is 0. The highest BCUT2D eigenvalue weighted by Gasteiger charge is 2.07. The fraction of sp³-hybridized carbons (Fsp3) is 0.500. The Bertz CT molecular complexity index is 516. The number of rotatable bonds is 7. The van der Waals surface area contributed by atoms with Crippen LogP contribution < -0.4 is 5.32 Å². The van der Waals surface area contributed by atoms with E-state index in [1.54, 1.807) is 0 Å². The Labute approximate surface area is 115 Å². The number of nitrogens with zero attached hydrogens (tertiary/aromatic N) is 1. The summed E-state index contributed by atoms with van der Waals surface area (Å²) in [4.78, 5) is 0. The van der Waals surface area contributed by atoms with Crippen molar-refractivity contribution < 1.29 is 4.74 Å². The van der Waals surface area contributed by atoms with Crippen molar-refractivity contribution in [1.82, 2.24) is 9.88 Å². The van der Waals surface area contributed by atoms with Crippen LogP contribution in [0.25, 0.3) is 10.9 Å². The summed E-state index contributed by atoms with van der Waals surface area (Å²) in [5, 5.41) is 4.83. The summed E-state index contributed by atoms with van der Waals surface area (Å²) >= 11 is 0. The van der Waals surface area contributed by atoms with Crippen molar-refractivity contribution in [2.45, 2.75) is 39.9 Å². The van der Waals surface area contributed by atoms with Gasteiger partial charge in [-0.05, 0) is 18.6 Å². The number of hydrogen-bond donors (Lipinski definition) is 1. The Hall–Kier alpha value is -1.32. The maximum absolute atomic E-state index is 5.46. The topological polar surface area (TPSA) is 26.2 Å². The van der Waals surface area contributed by atoms with E-state index in [4.69, 9.17) is 4.74 Å². The van der Waals surface area contributed by atoms with E-state index in [9.17, 15) is 0 Å². The first-order valence-electron chi connectivity index (χ1n) is 7.10. The summed E-state index contributed by atoms with van der Waals surface area (Å²) in [6.45, 7) is 9.76. The van der Waals surface area contributed by atoms with Crippen LogP contribution in [0.2, 0.25) is 0 Å². The Balaban J connectivity index is 2.21. The van der Waals surface area contributed by atoms with Crippen molar-refractivity contribution >= 4 is 10.9 Å². The van der Waals surface area contributed by atoms with Crippen LogP contribution in [0, 0.1) is 0 Å². The molecule has 0 atom stereocenters. The van der Waals surface area contributed by atoms with Crippen LogP contribution in [0.4, 0.5) is 0 Å². The largest absolute Gasteiger partial charge is 0.380 e. The quantitative estimate of drug-likeness (QED) is 0.774. The highest BCUT2D eigenvalue weighted by Crippen LogP contribution is 2.21. The van der Waals surface area contributed by atoms with E-state index >= 15 is 0 Å². The Kier molecular flexibility index (Phi) is 5.00. The standard InChI is InChI=1S/C16H24N2O/c1-4-19-10-9-18-12-14(11-17-13(2)3)15-7-5-6-8-16(15)18/h5-8,12-13,17H,4,9-11H2,1-3H3. The molecule has 2 aromatic rings. The molecule has 0 radical (unpaired) electrons. The lowest BCUT2D eigenvalue weighted by Gasteiger charge is -2.06. The summed E-state index contributed by atoms with van der Waals surface area (Å²) in [6, 6.07) is 9.09. The molecule has 1 heterocycles. The molecular formula is C16H24N2O. The molecule has 0 saturated carbocycles. The molecule has 1 N–H and O–H groups in total. The molecule has 0 aliphatic rings. The number of hydrogen-bond acceptors (Lipinski definition) is 2. The Morgan fingerprint density at radius 3 is 2.79 bits per heavy atom. The first-order chi connectivity index (χ1) is 9.22. The molecular weight excluding hydrogens is 236 g/mol. The Morgan fingerprint density at radius 1 is 1.26 bits per heavy atom. The fourth-order valence-electron chi connectivity index (χ4n) is 2.27. The van der Waals surface area contributed by atoms with Crippen molar-refractivity contribution in [1.29, 1.82) is 0 Å². The molecule has 0 fully saturated rings. The van der Waals surface area contributed by atoms with E-state index in [0.29, 0.717) is 6.04 Å². The van der Waals surface area contributed by atoms with Crippen LogP contribution >= 0.6 is 0 Å². The van der Waals surface area contributed by atoms with Gasteiger partial charge in [0.15, 0.2) is 0 Å². The number of ether oxygens (including phenoxy) is 1. The van der Waals surface area contributed by atoms with E-state index in [-0.39, 0.29) is 0 Å². The van der Waals surface area contributed by atoms with Gasteiger partial charge in [0.2, 0.25) is 0 Å². The van der Waals surface area contributed by atoms with Crippen LogP contribution in [-0.4, -0.2) is 23.8 Å². The van der Waals surface area contributed by atoms with E-state index in [2.05, 4.69) is 54.2 Å². The van der Waals surface area contributed by atoms with Gasteiger partial charge in [-0.15, -0.1) is 0 Å². The predicted molar refractivity (Wildman–Crippen MR) is 80.4 cm³/mol. The molecule has 104 valence electrons. The van der Waals surface area contributed by atoms with Crippen LogP contribution in [0.5, 0.6) is 0 Å². The van der Waals surface area contributed by atoms with Gasteiger partial charge in [0, 0.05) is 42.8 Å². The highest BCUT2D eigenvalue weighted by molar-refractivity contribution is 5.83. The minimum absolute atomic E-state index is 0.505. The van der Waals surface area contributed by atoms with Gasteiger partial charge < -0.3 is 14.6 Å². The van der Waals surface area contributed by atoms with Crippen LogP contribution in [-0.2, 0) is 17.8 Å². The highest BCUT2D eigenvalue weighted by atomic mass is 16.5. The van der Waals surface area contributed by atoms with Gasteiger partial charge >= 0.3 is 0 Å². The lowest BCUT2D eigenvalue weighted by Crippen LogP contribution is -2.21. The zero-order valence-electron chi connectivity index (χ0n) is 12.1. The molecule has 0 spiro atoms. The third-order valence-corrected chi connectivity index (χ3v) is 3.25. The van der Waals surface area contributed by atoms with Crippen molar-refractivity contribution in [3.63, 3.8) is 0 Å². The molecule has 3 nitrogen and oxygen atoms in total. The molecule has 0 aliphatic heterocycles. The first kappa shape index (κ1) is 14.1. The third kappa shape index (κ3) is 3.58. The van der Waals surface area contributed by atoms with Crippen LogP contribution in [0.3, 0.4) is 0 Å².